The highest BCUT2D eigenvalue weighted by Gasteiger charge is 2.58. The van der Waals surface area contributed by atoms with E-state index in [1.165, 1.54) is 34.6 Å². The van der Waals surface area contributed by atoms with E-state index in [-0.39, 0.29) is 12.5 Å². The maximum atomic E-state index is 13.8. The molecule has 0 amide bonds. The maximum absolute atomic E-state index is 13.8. The van der Waals surface area contributed by atoms with Crippen LogP contribution in [0.3, 0.4) is 0 Å². The van der Waals surface area contributed by atoms with Crippen LogP contribution in [0.15, 0.2) is 0 Å². The second-order valence-electron chi connectivity index (χ2n) is 22.7. The maximum Gasteiger partial charge on any atom is 0.308 e. The zero-order valence-electron chi connectivity index (χ0n) is 47.1. The van der Waals surface area contributed by atoms with Crippen molar-refractivity contribution in [1.82, 2.24) is 0 Å². The molecule has 9 N–H and O–H groups in total. The standard InChI is InChI=1S/C54H92O25/c1-10-11-17-20-30-21-18-15-13-12-14-16-19-22-32(56)73-45-40(64)43(28(8)69-53(45)76-42-27(7)67-50(71-30)38(62)36(42)60)77-54-47(75-49(66)25(4)5)46(79-52-37(61)34(58)33(57)31(23-55)72-52)44(29(9)70-54)78-51-39(63)35(59)41(26(6)68-51)74-48(65)24(2)3/h24-31,33-47,50-55,57-64H,10-23H2,1-9H3. The van der Waals surface area contributed by atoms with Gasteiger partial charge in [0.1, 0.15) is 79.4 Å². The van der Waals surface area contributed by atoms with E-state index >= 15 is 0 Å². The average molecular weight is 1140 g/mol. The van der Waals surface area contributed by atoms with Crippen LogP contribution < -0.4 is 0 Å². The number of fused-ring (bicyclic) bond motifs is 14. The van der Waals surface area contributed by atoms with Crippen LogP contribution in [-0.2, 0) is 76.0 Å². The van der Waals surface area contributed by atoms with Gasteiger partial charge in [0.25, 0.3) is 0 Å². The number of hydrogen-bond donors (Lipinski definition) is 9. The molecule has 7 aliphatic heterocycles. The molecule has 25 nitrogen and oxygen atoms in total. The molecule has 0 spiro atoms. The van der Waals surface area contributed by atoms with Crippen LogP contribution in [0.1, 0.15) is 146 Å². The predicted octanol–water partition coefficient (Wildman–Crippen LogP) is 0.648. The molecule has 458 valence electrons. The fourth-order valence-corrected chi connectivity index (χ4v) is 10.7. The van der Waals surface area contributed by atoms with Crippen molar-refractivity contribution in [1.29, 1.82) is 0 Å². The van der Waals surface area contributed by atoms with Gasteiger partial charge in [0.2, 0.25) is 0 Å². The summed E-state index contributed by atoms with van der Waals surface area (Å²) in [5.74, 6) is -3.66. The SMILES string of the molecule is CCCCCC1CCCCCCCCCC(=O)OC2C(OC(C)C(OC3OC(C)C(OC4OC(C)C(OC(=O)C(C)C)C(O)C4O)C(OC4OC(CO)C(O)C(O)C4O)C3OC(=O)C(C)C)C2O)OC2C(C)OC(O1)C(O)C2O. The van der Waals surface area contributed by atoms with Crippen molar-refractivity contribution in [3.63, 3.8) is 0 Å². The van der Waals surface area contributed by atoms with Crippen molar-refractivity contribution in [2.24, 2.45) is 11.8 Å². The first-order valence-corrected chi connectivity index (χ1v) is 28.7. The Bertz CT molecular complexity index is 1860. The summed E-state index contributed by atoms with van der Waals surface area (Å²) in [5, 5.41) is 101. The zero-order valence-corrected chi connectivity index (χ0v) is 47.1. The lowest BCUT2D eigenvalue weighted by molar-refractivity contribution is -0.398. The van der Waals surface area contributed by atoms with Crippen LogP contribution in [0.4, 0.5) is 0 Å². The van der Waals surface area contributed by atoms with E-state index in [0.717, 1.165) is 70.6 Å². The highest BCUT2D eigenvalue weighted by molar-refractivity contribution is 5.72. The van der Waals surface area contributed by atoms with Crippen molar-refractivity contribution in [3.05, 3.63) is 0 Å². The summed E-state index contributed by atoms with van der Waals surface area (Å²) in [6.07, 6.45) is -29.5. The third-order valence-electron chi connectivity index (χ3n) is 15.6. The largest absolute Gasteiger partial charge is 0.457 e. The van der Waals surface area contributed by atoms with Crippen LogP contribution in [0.2, 0.25) is 0 Å². The van der Waals surface area contributed by atoms with Crippen LogP contribution in [-0.4, -0.2) is 230 Å². The summed E-state index contributed by atoms with van der Waals surface area (Å²) in [6.45, 7) is 13.5. The second kappa shape index (κ2) is 30.5. The molecule has 26 unspecified atom stereocenters. The Morgan fingerprint density at radius 3 is 1.70 bits per heavy atom. The van der Waals surface area contributed by atoms with Crippen molar-refractivity contribution in [2.75, 3.05) is 6.61 Å². The van der Waals surface area contributed by atoms with Gasteiger partial charge < -0.3 is 108 Å². The summed E-state index contributed by atoms with van der Waals surface area (Å²) in [5.41, 5.74) is 0. The van der Waals surface area contributed by atoms with E-state index in [2.05, 4.69) is 6.92 Å². The summed E-state index contributed by atoms with van der Waals surface area (Å²) in [4.78, 5) is 40.1. The molecule has 7 saturated heterocycles. The van der Waals surface area contributed by atoms with Crippen molar-refractivity contribution in [2.45, 2.75) is 305 Å². The fraction of sp³-hybridized carbons (Fsp3) is 0.944. The molecule has 0 saturated carbocycles. The Labute approximate surface area is 462 Å². The van der Waals surface area contributed by atoms with Crippen LogP contribution >= 0.6 is 0 Å². The number of unbranched alkanes of at least 4 members (excludes halogenated alkanes) is 2. The van der Waals surface area contributed by atoms with Gasteiger partial charge in [-0.2, -0.15) is 0 Å². The van der Waals surface area contributed by atoms with Crippen LogP contribution in [0, 0.1) is 11.8 Å². The van der Waals surface area contributed by atoms with Crippen molar-refractivity contribution in [3.8, 4) is 0 Å². The first-order valence-electron chi connectivity index (χ1n) is 28.7. The Morgan fingerprint density at radius 2 is 1.05 bits per heavy atom. The van der Waals surface area contributed by atoms with E-state index < -0.39 is 190 Å². The van der Waals surface area contributed by atoms with E-state index in [1.807, 2.05) is 0 Å². The van der Waals surface area contributed by atoms with Gasteiger partial charge in [0.15, 0.2) is 49.8 Å². The number of esters is 3. The Kier molecular flexibility index (Phi) is 25.4. The molecule has 79 heavy (non-hydrogen) atoms. The molecular weight excluding hydrogens is 1050 g/mol. The number of aliphatic hydroxyl groups excluding tert-OH is 9. The fourth-order valence-electron chi connectivity index (χ4n) is 10.7. The molecular formula is C54H92O25. The van der Waals surface area contributed by atoms with E-state index in [9.17, 15) is 60.3 Å². The molecule has 7 heterocycles. The lowest BCUT2D eigenvalue weighted by atomic mass is 9.95. The second-order valence-corrected chi connectivity index (χ2v) is 22.7. The van der Waals surface area contributed by atoms with Gasteiger partial charge >= 0.3 is 17.9 Å². The smallest absolute Gasteiger partial charge is 0.308 e. The van der Waals surface area contributed by atoms with Gasteiger partial charge in [-0.1, -0.05) is 92.4 Å². The lowest BCUT2D eigenvalue weighted by Crippen LogP contribution is -2.68. The molecule has 0 aliphatic carbocycles. The summed E-state index contributed by atoms with van der Waals surface area (Å²) in [6, 6.07) is 0. The molecule has 7 rings (SSSR count). The minimum atomic E-state index is -2.01. The first-order chi connectivity index (χ1) is 37.5. The number of carbonyl (C=O) groups is 3. The monoisotopic (exact) mass is 1140 g/mol. The number of aliphatic hydroxyl groups is 9. The van der Waals surface area contributed by atoms with Crippen LogP contribution in [0.25, 0.3) is 0 Å². The first kappa shape index (κ1) is 65.8. The van der Waals surface area contributed by atoms with Gasteiger partial charge in [0.05, 0.1) is 49.0 Å². The molecule has 0 radical (unpaired) electrons. The van der Waals surface area contributed by atoms with Gasteiger partial charge in [0, 0.05) is 6.42 Å². The third-order valence-corrected chi connectivity index (χ3v) is 15.6. The van der Waals surface area contributed by atoms with E-state index in [0.29, 0.717) is 6.42 Å². The van der Waals surface area contributed by atoms with Crippen molar-refractivity contribution >= 4 is 17.9 Å². The van der Waals surface area contributed by atoms with Gasteiger partial charge in [-0.3, -0.25) is 14.4 Å². The molecule has 7 aliphatic rings. The lowest BCUT2D eigenvalue weighted by Gasteiger charge is -2.51. The predicted molar refractivity (Wildman–Crippen MR) is 271 cm³/mol. The average Bonchev–Trinajstić information content (AvgIpc) is 3.40. The van der Waals surface area contributed by atoms with Crippen molar-refractivity contribution < 1.29 is 122 Å². The summed E-state index contributed by atoms with van der Waals surface area (Å²) >= 11 is 0. The normalized spacial score (nSPS) is 44.4. The number of carbonyl (C=O) groups excluding carboxylic acids is 3. The quantitative estimate of drug-likeness (QED) is 0.0617. The zero-order chi connectivity index (χ0) is 58.0. The molecule has 26 atom stereocenters. The number of ether oxygens (including phenoxy) is 13. The molecule has 0 aromatic rings. The highest BCUT2D eigenvalue weighted by atomic mass is 16.8. The molecule has 0 aromatic heterocycles. The Morgan fingerprint density at radius 1 is 0.506 bits per heavy atom. The Hall–Kier alpha value is -2.35. The topological polar surface area (TPSA) is 353 Å². The highest BCUT2D eigenvalue weighted by Crippen LogP contribution is 2.39. The van der Waals surface area contributed by atoms with Gasteiger partial charge in [-0.15, -0.1) is 0 Å². The number of hydrogen-bond acceptors (Lipinski definition) is 25. The van der Waals surface area contributed by atoms with Crippen LogP contribution in [0.5, 0.6) is 0 Å². The van der Waals surface area contributed by atoms with E-state index in [4.69, 9.17) is 61.6 Å². The van der Waals surface area contributed by atoms with E-state index in [1.54, 1.807) is 20.8 Å². The van der Waals surface area contributed by atoms with Gasteiger partial charge in [-0.05, 0) is 47.0 Å². The Balaban J connectivity index is 1.31. The van der Waals surface area contributed by atoms with Gasteiger partial charge in [-0.25, -0.2) is 0 Å². The third kappa shape index (κ3) is 16.7. The summed E-state index contributed by atoms with van der Waals surface area (Å²) in [7, 11) is 0. The molecule has 25 heteroatoms. The molecule has 0 aromatic carbocycles. The molecule has 2 bridgehead atoms. The minimum Gasteiger partial charge on any atom is -0.457 e. The summed E-state index contributed by atoms with van der Waals surface area (Å²) < 4.78 is 80.2. The molecule has 7 fully saturated rings. The minimum absolute atomic E-state index is 0.0342. The number of rotatable bonds is 15.